The van der Waals surface area contributed by atoms with Crippen molar-refractivity contribution in [1.82, 2.24) is 9.03 Å². The van der Waals surface area contributed by atoms with E-state index in [1.807, 2.05) is 0 Å². The Bertz CT molecular complexity index is 447. The molecule has 3 unspecified atom stereocenters. The van der Waals surface area contributed by atoms with Crippen molar-refractivity contribution in [3.05, 3.63) is 0 Å². The monoisotopic (exact) mass is 306 g/mol. The third kappa shape index (κ3) is 3.69. The van der Waals surface area contributed by atoms with Crippen LogP contribution < -0.4 is 4.72 Å². The molecule has 2 aliphatic heterocycles. The van der Waals surface area contributed by atoms with E-state index in [-0.39, 0.29) is 18.7 Å². The first-order valence-electron chi connectivity index (χ1n) is 7.02. The highest BCUT2D eigenvalue weighted by Crippen LogP contribution is 2.20. The lowest BCUT2D eigenvalue weighted by Crippen LogP contribution is -2.51. The molecule has 0 radical (unpaired) electrons. The van der Waals surface area contributed by atoms with Gasteiger partial charge < -0.3 is 9.84 Å². The molecule has 0 bridgehead atoms. The van der Waals surface area contributed by atoms with E-state index >= 15 is 0 Å². The van der Waals surface area contributed by atoms with Gasteiger partial charge in [-0.2, -0.15) is 17.4 Å². The Balaban J connectivity index is 1.96. The number of piperidine rings is 1. The van der Waals surface area contributed by atoms with Crippen LogP contribution in [0.3, 0.4) is 0 Å². The Morgan fingerprint density at radius 3 is 2.75 bits per heavy atom. The molecule has 8 heteroatoms. The van der Waals surface area contributed by atoms with E-state index in [0.29, 0.717) is 26.0 Å². The Hall–Kier alpha value is -0.700. The van der Waals surface area contributed by atoms with Crippen LogP contribution in [0.15, 0.2) is 0 Å². The lowest BCUT2D eigenvalue weighted by molar-refractivity contribution is -0.142. The number of ether oxygens (including phenoxy) is 1. The van der Waals surface area contributed by atoms with Gasteiger partial charge in [0.25, 0.3) is 10.2 Å². The van der Waals surface area contributed by atoms with Crippen LogP contribution in [0.4, 0.5) is 0 Å². The summed E-state index contributed by atoms with van der Waals surface area (Å²) in [7, 11) is -3.65. The highest BCUT2D eigenvalue weighted by molar-refractivity contribution is 7.87. The molecule has 2 aliphatic rings. The molecular formula is C12H22N2O5S. The topological polar surface area (TPSA) is 95.9 Å². The van der Waals surface area contributed by atoms with Gasteiger partial charge in [0, 0.05) is 25.7 Å². The molecule has 2 rings (SSSR count). The molecule has 0 saturated carbocycles. The fraction of sp³-hybridized carbons (Fsp3) is 0.917. The number of carboxylic acids is 1. The summed E-state index contributed by atoms with van der Waals surface area (Å²) in [6.45, 7) is 2.87. The normalized spacial score (nSPS) is 30.2. The standard InChI is InChI=1S/C12H22N2O5S/c1-9(11-5-3-7-19-11)13-20(17,18)14-6-2-4-10(8-14)12(15)16/h9-11,13H,2-8H2,1H3,(H,15,16). The molecule has 2 heterocycles. The summed E-state index contributed by atoms with van der Waals surface area (Å²) < 4.78 is 33.9. The van der Waals surface area contributed by atoms with Gasteiger partial charge in [-0.15, -0.1) is 0 Å². The smallest absolute Gasteiger partial charge is 0.307 e. The first-order chi connectivity index (χ1) is 9.40. The highest BCUT2D eigenvalue weighted by atomic mass is 32.2. The van der Waals surface area contributed by atoms with E-state index in [1.165, 1.54) is 4.31 Å². The molecule has 7 nitrogen and oxygen atoms in total. The lowest BCUT2D eigenvalue weighted by Gasteiger charge is -2.31. The Kier molecular flexibility index (Phi) is 5.00. The minimum absolute atomic E-state index is 0.0446. The van der Waals surface area contributed by atoms with Gasteiger partial charge in [0.15, 0.2) is 0 Å². The highest BCUT2D eigenvalue weighted by Gasteiger charge is 2.34. The molecule has 0 aliphatic carbocycles. The van der Waals surface area contributed by atoms with Crippen molar-refractivity contribution >= 4 is 16.2 Å². The molecule has 0 aromatic rings. The average Bonchev–Trinajstić information content (AvgIpc) is 2.92. The summed E-state index contributed by atoms with van der Waals surface area (Å²) in [4.78, 5) is 11.0. The Morgan fingerprint density at radius 2 is 2.15 bits per heavy atom. The van der Waals surface area contributed by atoms with Crippen molar-refractivity contribution in [2.24, 2.45) is 5.92 Å². The van der Waals surface area contributed by atoms with Crippen molar-refractivity contribution in [2.45, 2.75) is 44.8 Å². The SMILES string of the molecule is CC(NS(=O)(=O)N1CCCC(C(=O)O)C1)C1CCCO1. The maximum atomic E-state index is 12.3. The first kappa shape index (κ1) is 15.7. The van der Waals surface area contributed by atoms with E-state index < -0.39 is 22.1 Å². The zero-order chi connectivity index (χ0) is 14.8. The van der Waals surface area contributed by atoms with Crippen LogP contribution >= 0.6 is 0 Å². The van der Waals surface area contributed by atoms with Gasteiger partial charge in [-0.1, -0.05) is 0 Å². The molecule has 2 fully saturated rings. The van der Waals surface area contributed by atoms with Crippen LogP contribution in [-0.4, -0.2) is 55.6 Å². The van der Waals surface area contributed by atoms with Crippen molar-refractivity contribution < 1.29 is 23.1 Å². The molecule has 0 aromatic heterocycles. The van der Waals surface area contributed by atoms with Gasteiger partial charge >= 0.3 is 5.97 Å². The summed E-state index contributed by atoms with van der Waals surface area (Å²) in [5, 5.41) is 9.01. The molecule has 116 valence electrons. The summed E-state index contributed by atoms with van der Waals surface area (Å²) in [6, 6.07) is -0.298. The number of nitrogens with one attached hydrogen (secondary N) is 1. The summed E-state index contributed by atoms with van der Waals surface area (Å²) in [5.74, 6) is -1.55. The van der Waals surface area contributed by atoms with Crippen LogP contribution in [0.5, 0.6) is 0 Å². The van der Waals surface area contributed by atoms with Crippen LogP contribution in [0.1, 0.15) is 32.6 Å². The fourth-order valence-corrected chi connectivity index (χ4v) is 4.26. The zero-order valence-electron chi connectivity index (χ0n) is 11.6. The molecule has 0 aromatic carbocycles. The number of carbonyl (C=O) groups is 1. The fourth-order valence-electron chi connectivity index (χ4n) is 2.74. The van der Waals surface area contributed by atoms with Crippen molar-refractivity contribution in [2.75, 3.05) is 19.7 Å². The Labute approximate surface area is 119 Å². The first-order valence-corrected chi connectivity index (χ1v) is 8.46. The number of hydrogen-bond donors (Lipinski definition) is 2. The number of carboxylic acid groups (broad SMARTS) is 1. The van der Waals surface area contributed by atoms with Crippen molar-refractivity contribution in [1.29, 1.82) is 0 Å². The molecule has 20 heavy (non-hydrogen) atoms. The predicted molar refractivity (Wildman–Crippen MR) is 72.4 cm³/mol. The quantitative estimate of drug-likeness (QED) is 0.755. The zero-order valence-corrected chi connectivity index (χ0v) is 12.4. The van der Waals surface area contributed by atoms with Crippen molar-refractivity contribution in [3.63, 3.8) is 0 Å². The van der Waals surface area contributed by atoms with E-state index in [1.54, 1.807) is 6.92 Å². The van der Waals surface area contributed by atoms with Gasteiger partial charge in [-0.05, 0) is 32.6 Å². The second kappa shape index (κ2) is 6.38. The third-order valence-corrected chi connectivity index (χ3v) is 5.61. The number of aliphatic carboxylic acids is 1. The van der Waals surface area contributed by atoms with Gasteiger partial charge in [0.1, 0.15) is 0 Å². The maximum Gasteiger partial charge on any atom is 0.307 e. The van der Waals surface area contributed by atoms with Crippen molar-refractivity contribution in [3.8, 4) is 0 Å². The molecule has 2 saturated heterocycles. The van der Waals surface area contributed by atoms with Gasteiger partial charge in [0.05, 0.1) is 12.0 Å². The average molecular weight is 306 g/mol. The molecule has 0 amide bonds. The Morgan fingerprint density at radius 1 is 1.40 bits per heavy atom. The van der Waals surface area contributed by atoms with E-state index in [4.69, 9.17) is 9.84 Å². The lowest BCUT2D eigenvalue weighted by atomic mass is 10.0. The second-order valence-corrected chi connectivity index (χ2v) is 7.20. The summed E-state index contributed by atoms with van der Waals surface area (Å²) in [6.07, 6.45) is 2.81. The van der Waals surface area contributed by atoms with E-state index in [2.05, 4.69) is 4.72 Å². The van der Waals surface area contributed by atoms with Gasteiger partial charge in [-0.3, -0.25) is 4.79 Å². The van der Waals surface area contributed by atoms with Gasteiger partial charge in [-0.25, -0.2) is 0 Å². The van der Waals surface area contributed by atoms with E-state index in [0.717, 1.165) is 12.8 Å². The second-order valence-electron chi connectivity index (χ2n) is 5.50. The van der Waals surface area contributed by atoms with Crippen LogP contribution in [-0.2, 0) is 19.7 Å². The number of rotatable bonds is 5. The minimum atomic E-state index is -3.65. The minimum Gasteiger partial charge on any atom is -0.481 e. The summed E-state index contributed by atoms with van der Waals surface area (Å²) >= 11 is 0. The van der Waals surface area contributed by atoms with Crippen LogP contribution in [0.25, 0.3) is 0 Å². The maximum absolute atomic E-state index is 12.3. The molecule has 3 atom stereocenters. The molecule has 2 N–H and O–H groups in total. The van der Waals surface area contributed by atoms with Gasteiger partial charge in [0.2, 0.25) is 0 Å². The molecular weight excluding hydrogens is 284 g/mol. The predicted octanol–water partition coefficient (Wildman–Crippen LogP) is 0.185. The largest absolute Gasteiger partial charge is 0.481 e. The van der Waals surface area contributed by atoms with E-state index in [9.17, 15) is 13.2 Å². The summed E-state index contributed by atoms with van der Waals surface area (Å²) in [5.41, 5.74) is 0. The number of hydrogen-bond acceptors (Lipinski definition) is 4. The van der Waals surface area contributed by atoms with Crippen LogP contribution in [0.2, 0.25) is 0 Å². The number of nitrogens with zero attached hydrogens (tertiary/aromatic N) is 1. The molecule has 0 spiro atoms. The third-order valence-electron chi connectivity index (χ3n) is 3.93. The van der Waals surface area contributed by atoms with Crippen LogP contribution in [0, 0.1) is 5.92 Å².